The van der Waals surface area contributed by atoms with Crippen molar-refractivity contribution in [2.45, 2.75) is 12.2 Å². The molecule has 116 valence electrons. The molecule has 2 N–H and O–H groups in total. The number of nitrogens with one attached hydrogen (secondary N) is 1. The zero-order chi connectivity index (χ0) is 13.2. The van der Waals surface area contributed by atoms with Crippen LogP contribution in [0.15, 0.2) is 24.3 Å². The van der Waals surface area contributed by atoms with Crippen LogP contribution in [0.1, 0.15) is 11.6 Å². The summed E-state index contributed by atoms with van der Waals surface area (Å²) in [5.41, 5.74) is 0.0874. The average Bonchev–Trinajstić information content (AvgIpc) is 2.28. The van der Waals surface area contributed by atoms with E-state index in [1.54, 1.807) is 0 Å². The molecule has 3 nitrogen and oxygen atoms in total. The van der Waals surface area contributed by atoms with Gasteiger partial charge in [-0.3, -0.25) is 4.90 Å². The van der Waals surface area contributed by atoms with Crippen molar-refractivity contribution in [3.05, 3.63) is 29.8 Å². The first kappa shape index (κ1) is 19.3. The van der Waals surface area contributed by atoms with Crippen LogP contribution in [0.25, 0.3) is 0 Å². The van der Waals surface area contributed by atoms with E-state index >= 15 is 0 Å². The van der Waals surface area contributed by atoms with Crippen LogP contribution in [0.4, 0.5) is 13.2 Å². The Bertz CT molecular complexity index is 412. The predicted molar refractivity (Wildman–Crippen MR) is 75.8 cm³/mol. The molecular weight excluding hydrogens is 316 g/mol. The van der Waals surface area contributed by atoms with Crippen molar-refractivity contribution < 1.29 is 18.3 Å². The summed E-state index contributed by atoms with van der Waals surface area (Å²) in [6.07, 6.45) is -4.34. The lowest BCUT2D eigenvalue weighted by molar-refractivity contribution is -0.187. The standard InChI is InChI=1S/C12H15F3N2O.2ClH/c13-12(14,15)11(17-6-4-16-5-7-17)9-2-1-3-10(18)8-9;;/h1-3,8,11,16,18H,4-7H2;2*1H/t11-;;/m0../s1. The van der Waals surface area contributed by atoms with Gasteiger partial charge in [-0.2, -0.15) is 13.2 Å². The molecule has 8 heteroatoms. The second-order valence-electron chi connectivity index (χ2n) is 4.33. The molecule has 1 aliphatic heterocycles. The first-order valence-electron chi connectivity index (χ1n) is 5.79. The van der Waals surface area contributed by atoms with Crippen molar-refractivity contribution in [1.29, 1.82) is 0 Å². The second kappa shape index (κ2) is 7.93. The molecule has 0 aliphatic carbocycles. The topological polar surface area (TPSA) is 35.5 Å². The fraction of sp³-hybridized carbons (Fsp3) is 0.500. The molecule has 0 spiro atoms. The molecule has 0 saturated carbocycles. The fourth-order valence-electron chi connectivity index (χ4n) is 2.24. The Morgan fingerprint density at radius 2 is 1.75 bits per heavy atom. The van der Waals surface area contributed by atoms with Crippen LogP contribution < -0.4 is 5.32 Å². The minimum absolute atomic E-state index is 0. The van der Waals surface area contributed by atoms with Gasteiger partial charge < -0.3 is 10.4 Å². The number of rotatable bonds is 2. The molecule has 0 radical (unpaired) electrons. The van der Waals surface area contributed by atoms with Gasteiger partial charge in [0, 0.05) is 26.2 Å². The van der Waals surface area contributed by atoms with Crippen molar-refractivity contribution >= 4 is 24.8 Å². The number of nitrogens with zero attached hydrogens (tertiary/aromatic N) is 1. The number of piperazine rings is 1. The Hall–Kier alpha value is -0.690. The highest BCUT2D eigenvalue weighted by Gasteiger charge is 2.44. The highest BCUT2D eigenvalue weighted by molar-refractivity contribution is 5.85. The van der Waals surface area contributed by atoms with Gasteiger partial charge >= 0.3 is 6.18 Å². The van der Waals surface area contributed by atoms with Crippen LogP contribution >= 0.6 is 24.8 Å². The number of aromatic hydroxyl groups is 1. The summed E-state index contributed by atoms with van der Waals surface area (Å²) >= 11 is 0. The van der Waals surface area contributed by atoms with Crippen LogP contribution in [-0.4, -0.2) is 42.4 Å². The second-order valence-corrected chi connectivity index (χ2v) is 4.33. The highest BCUT2D eigenvalue weighted by Crippen LogP contribution is 2.38. The molecule has 0 unspecified atom stereocenters. The van der Waals surface area contributed by atoms with E-state index in [-0.39, 0.29) is 36.1 Å². The van der Waals surface area contributed by atoms with E-state index in [1.807, 2.05) is 0 Å². The lowest BCUT2D eigenvalue weighted by Crippen LogP contribution is -2.49. The van der Waals surface area contributed by atoms with Gasteiger partial charge in [0.2, 0.25) is 0 Å². The summed E-state index contributed by atoms with van der Waals surface area (Å²) in [6.45, 7) is 1.79. The summed E-state index contributed by atoms with van der Waals surface area (Å²) in [6, 6.07) is 3.74. The molecule has 2 rings (SSSR count). The summed E-state index contributed by atoms with van der Waals surface area (Å²) in [7, 11) is 0. The molecule has 20 heavy (non-hydrogen) atoms. The number of benzene rings is 1. The van der Waals surface area contributed by atoms with Crippen LogP contribution in [0.3, 0.4) is 0 Å². The van der Waals surface area contributed by atoms with Crippen LogP contribution in [-0.2, 0) is 0 Å². The maximum atomic E-state index is 13.2. The lowest BCUT2D eigenvalue weighted by atomic mass is 10.0. The van der Waals surface area contributed by atoms with E-state index in [0.29, 0.717) is 26.2 Å². The molecule has 1 aromatic carbocycles. The van der Waals surface area contributed by atoms with Crippen LogP contribution in [0.5, 0.6) is 5.75 Å². The summed E-state index contributed by atoms with van der Waals surface area (Å²) in [5.74, 6) is -0.142. The first-order chi connectivity index (χ1) is 8.48. The molecule has 1 aromatic rings. The van der Waals surface area contributed by atoms with E-state index in [0.717, 1.165) is 0 Å². The third-order valence-corrected chi connectivity index (χ3v) is 3.01. The number of phenolic OH excluding ortho intramolecular Hbond substituents is 1. The summed E-state index contributed by atoms with van der Waals surface area (Å²) < 4.78 is 39.5. The average molecular weight is 333 g/mol. The van der Waals surface area contributed by atoms with Crippen molar-refractivity contribution in [3.63, 3.8) is 0 Å². The Morgan fingerprint density at radius 1 is 1.15 bits per heavy atom. The maximum absolute atomic E-state index is 13.2. The molecule has 0 aromatic heterocycles. The third kappa shape index (κ3) is 4.70. The van der Waals surface area contributed by atoms with E-state index < -0.39 is 12.2 Å². The van der Waals surface area contributed by atoms with Gasteiger partial charge in [-0.1, -0.05) is 12.1 Å². The smallest absolute Gasteiger partial charge is 0.408 e. The minimum atomic E-state index is -4.34. The van der Waals surface area contributed by atoms with Gasteiger partial charge in [0.15, 0.2) is 0 Å². The molecule has 1 heterocycles. The lowest BCUT2D eigenvalue weighted by Gasteiger charge is -2.36. The Morgan fingerprint density at radius 3 is 2.25 bits per heavy atom. The maximum Gasteiger partial charge on any atom is 0.408 e. The SMILES string of the molecule is Cl.Cl.Oc1cccc([C@H](N2CCNCC2)C(F)(F)F)c1. The van der Waals surface area contributed by atoms with Gasteiger partial charge in [-0.25, -0.2) is 0 Å². The van der Waals surface area contributed by atoms with Crippen molar-refractivity contribution in [3.8, 4) is 5.75 Å². The third-order valence-electron chi connectivity index (χ3n) is 3.01. The van der Waals surface area contributed by atoms with Crippen LogP contribution in [0, 0.1) is 0 Å². The van der Waals surface area contributed by atoms with Gasteiger partial charge in [-0.05, 0) is 17.7 Å². The van der Waals surface area contributed by atoms with Crippen molar-refractivity contribution in [1.82, 2.24) is 10.2 Å². The number of phenols is 1. The number of hydrogen-bond acceptors (Lipinski definition) is 3. The van der Waals surface area contributed by atoms with E-state index in [1.165, 1.54) is 29.2 Å². The van der Waals surface area contributed by atoms with Gasteiger partial charge in [-0.15, -0.1) is 24.8 Å². The normalized spacial score (nSPS) is 17.8. The number of alkyl halides is 3. The number of hydrogen-bond donors (Lipinski definition) is 2. The Kier molecular flexibility index (Phi) is 7.65. The zero-order valence-corrected chi connectivity index (χ0v) is 12.2. The molecule has 1 aliphatic rings. The Labute approximate surface area is 128 Å². The first-order valence-corrected chi connectivity index (χ1v) is 5.79. The highest BCUT2D eigenvalue weighted by atomic mass is 35.5. The van der Waals surface area contributed by atoms with E-state index in [2.05, 4.69) is 5.32 Å². The molecule has 0 bridgehead atoms. The fourth-order valence-corrected chi connectivity index (χ4v) is 2.24. The van der Waals surface area contributed by atoms with Gasteiger partial charge in [0.05, 0.1) is 0 Å². The van der Waals surface area contributed by atoms with Crippen molar-refractivity contribution in [2.75, 3.05) is 26.2 Å². The predicted octanol–water partition coefficient (Wildman–Crippen LogP) is 2.74. The molecule has 1 saturated heterocycles. The largest absolute Gasteiger partial charge is 0.508 e. The molecular formula is C12H17Cl2F3N2O. The number of halogens is 5. The van der Waals surface area contributed by atoms with Crippen molar-refractivity contribution in [2.24, 2.45) is 0 Å². The molecule has 1 fully saturated rings. The quantitative estimate of drug-likeness (QED) is 0.874. The summed E-state index contributed by atoms with van der Waals surface area (Å²) in [5, 5.41) is 12.4. The summed E-state index contributed by atoms with van der Waals surface area (Å²) in [4.78, 5) is 1.39. The monoisotopic (exact) mass is 332 g/mol. The van der Waals surface area contributed by atoms with Gasteiger partial charge in [0.1, 0.15) is 11.8 Å². The zero-order valence-electron chi connectivity index (χ0n) is 10.6. The van der Waals surface area contributed by atoms with Crippen LogP contribution in [0.2, 0.25) is 0 Å². The minimum Gasteiger partial charge on any atom is -0.508 e. The van der Waals surface area contributed by atoms with Gasteiger partial charge in [0.25, 0.3) is 0 Å². The van der Waals surface area contributed by atoms with E-state index in [9.17, 15) is 18.3 Å². The molecule has 1 atom stereocenters. The Balaban J connectivity index is 0.00000180. The molecule has 0 amide bonds. The van der Waals surface area contributed by atoms with E-state index in [4.69, 9.17) is 0 Å².